The molecule has 0 aliphatic carbocycles. The Balaban J connectivity index is 1.92. The van der Waals surface area contributed by atoms with Gasteiger partial charge in [-0.15, -0.1) is 0 Å². The van der Waals surface area contributed by atoms with Crippen LogP contribution < -0.4 is 16.6 Å². The number of hydrogen-bond acceptors (Lipinski definition) is 5. The average Bonchev–Trinajstić information content (AvgIpc) is 2.41. The Labute approximate surface area is 115 Å². The number of hydrogen-bond donors (Lipinski definition) is 3. The van der Waals surface area contributed by atoms with Crippen LogP contribution in [0.3, 0.4) is 0 Å². The number of nitrogens with zero attached hydrogens (tertiary/aromatic N) is 1. The van der Waals surface area contributed by atoms with E-state index in [2.05, 4.69) is 15.3 Å². The third kappa shape index (κ3) is 2.68. The molecule has 1 aromatic carbocycles. The van der Waals surface area contributed by atoms with Crippen LogP contribution in [0.25, 0.3) is 10.9 Å². The fraction of sp³-hybridized carbons (Fsp3) is 0.385. The molecule has 0 spiro atoms. The molecule has 0 atom stereocenters. The van der Waals surface area contributed by atoms with Gasteiger partial charge >= 0.3 is 0 Å². The standard InChI is InChI=1S/C13H16N4OS/c14-8-1-2-11-10(7-8)12(18)17-13(16-11)15-9-3-5-19-6-4-9/h1-2,7,9H,3-6,14H2,(H2,15,16,17,18). The molecule has 0 bridgehead atoms. The molecule has 1 aromatic heterocycles. The highest BCUT2D eigenvalue weighted by atomic mass is 32.2. The van der Waals surface area contributed by atoms with E-state index in [-0.39, 0.29) is 5.56 Å². The van der Waals surface area contributed by atoms with Crippen LogP contribution in [0.2, 0.25) is 0 Å². The van der Waals surface area contributed by atoms with Crippen LogP contribution in [-0.4, -0.2) is 27.5 Å². The predicted molar refractivity (Wildman–Crippen MR) is 80.7 cm³/mol. The van der Waals surface area contributed by atoms with Crippen LogP contribution in [0, 0.1) is 0 Å². The minimum absolute atomic E-state index is 0.148. The summed E-state index contributed by atoms with van der Waals surface area (Å²) in [5.74, 6) is 2.87. The summed E-state index contributed by atoms with van der Waals surface area (Å²) in [5.41, 5.74) is 6.78. The highest BCUT2D eigenvalue weighted by molar-refractivity contribution is 7.99. The van der Waals surface area contributed by atoms with Gasteiger partial charge in [-0.05, 0) is 42.5 Å². The van der Waals surface area contributed by atoms with E-state index in [1.54, 1.807) is 18.2 Å². The lowest BCUT2D eigenvalue weighted by Crippen LogP contribution is -2.27. The van der Waals surface area contributed by atoms with Crippen molar-refractivity contribution in [3.8, 4) is 0 Å². The quantitative estimate of drug-likeness (QED) is 0.729. The minimum Gasteiger partial charge on any atom is -0.399 e. The Bertz CT molecular complexity index is 649. The number of H-pyrrole nitrogens is 1. The Kier molecular flexibility index (Phi) is 3.33. The molecule has 6 heteroatoms. The monoisotopic (exact) mass is 276 g/mol. The molecular weight excluding hydrogens is 260 g/mol. The van der Waals surface area contributed by atoms with Gasteiger partial charge in [0.2, 0.25) is 5.95 Å². The second-order valence-corrected chi connectivity index (χ2v) is 5.95. The van der Waals surface area contributed by atoms with E-state index < -0.39 is 0 Å². The van der Waals surface area contributed by atoms with Crippen LogP contribution >= 0.6 is 11.8 Å². The van der Waals surface area contributed by atoms with Gasteiger partial charge in [-0.1, -0.05) is 0 Å². The van der Waals surface area contributed by atoms with Gasteiger partial charge in [-0.25, -0.2) is 4.98 Å². The van der Waals surface area contributed by atoms with Crippen molar-refractivity contribution in [2.75, 3.05) is 22.6 Å². The summed E-state index contributed by atoms with van der Waals surface area (Å²) in [6.07, 6.45) is 2.21. The van der Waals surface area contributed by atoms with Crippen molar-refractivity contribution in [3.05, 3.63) is 28.6 Å². The number of aromatic amines is 1. The molecule has 1 saturated heterocycles. The van der Waals surface area contributed by atoms with Crippen molar-refractivity contribution in [3.63, 3.8) is 0 Å². The molecule has 0 unspecified atom stereocenters. The van der Waals surface area contributed by atoms with Gasteiger partial charge in [0, 0.05) is 11.7 Å². The summed E-state index contributed by atoms with van der Waals surface area (Å²) in [4.78, 5) is 19.2. The maximum atomic E-state index is 12.0. The summed E-state index contributed by atoms with van der Waals surface area (Å²) in [6, 6.07) is 5.59. The number of nitrogen functional groups attached to an aromatic ring is 1. The maximum Gasteiger partial charge on any atom is 0.260 e. The number of benzene rings is 1. The molecule has 0 amide bonds. The van der Waals surface area contributed by atoms with E-state index in [1.807, 2.05) is 11.8 Å². The zero-order valence-electron chi connectivity index (χ0n) is 10.5. The van der Waals surface area contributed by atoms with Gasteiger partial charge in [-0.2, -0.15) is 11.8 Å². The number of thioether (sulfide) groups is 1. The van der Waals surface area contributed by atoms with E-state index in [0.717, 1.165) is 24.3 Å². The second kappa shape index (κ2) is 5.13. The SMILES string of the molecule is Nc1ccc2nc(NC3CCSCC3)[nH]c(=O)c2c1. The Morgan fingerprint density at radius 2 is 2.16 bits per heavy atom. The number of nitrogens with two attached hydrogens (primary N) is 1. The molecule has 0 saturated carbocycles. The first-order valence-corrected chi connectivity index (χ1v) is 7.52. The molecule has 1 fully saturated rings. The van der Waals surface area contributed by atoms with Gasteiger partial charge in [0.1, 0.15) is 0 Å². The molecule has 2 heterocycles. The summed E-state index contributed by atoms with van der Waals surface area (Å²) in [5, 5.41) is 3.85. The van der Waals surface area contributed by atoms with Crippen molar-refractivity contribution in [2.24, 2.45) is 0 Å². The highest BCUT2D eigenvalue weighted by Crippen LogP contribution is 2.20. The summed E-state index contributed by atoms with van der Waals surface area (Å²) >= 11 is 1.97. The van der Waals surface area contributed by atoms with E-state index >= 15 is 0 Å². The summed E-state index contributed by atoms with van der Waals surface area (Å²) in [6.45, 7) is 0. The fourth-order valence-corrected chi connectivity index (χ4v) is 3.37. The van der Waals surface area contributed by atoms with Gasteiger partial charge in [0.05, 0.1) is 10.9 Å². The lowest BCUT2D eigenvalue weighted by molar-refractivity contribution is 0.660. The van der Waals surface area contributed by atoms with Gasteiger partial charge in [0.15, 0.2) is 0 Å². The zero-order valence-corrected chi connectivity index (χ0v) is 11.3. The third-order valence-electron chi connectivity index (χ3n) is 3.29. The number of anilines is 2. The molecule has 5 nitrogen and oxygen atoms in total. The average molecular weight is 276 g/mol. The number of aromatic nitrogens is 2. The van der Waals surface area contributed by atoms with E-state index in [9.17, 15) is 4.79 Å². The topological polar surface area (TPSA) is 83.8 Å². The van der Waals surface area contributed by atoms with Crippen LogP contribution in [0.15, 0.2) is 23.0 Å². The molecule has 1 aliphatic heterocycles. The Morgan fingerprint density at radius 3 is 2.95 bits per heavy atom. The highest BCUT2D eigenvalue weighted by Gasteiger charge is 2.14. The van der Waals surface area contributed by atoms with Gasteiger partial charge in [0.25, 0.3) is 5.56 Å². The summed E-state index contributed by atoms with van der Waals surface area (Å²) in [7, 11) is 0. The van der Waals surface area contributed by atoms with Crippen LogP contribution in [0.1, 0.15) is 12.8 Å². The predicted octanol–water partition coefficient (Wildman–Crippen LogP) is 1.81. The number of nitrogens with one attached hydrogen (secondary N) is 2. The molecule has 2 aromatic rings. The first kappa shape index (κ1) is 12.3. The third-order valence-corrected chi connectivity index (χ3v) is 4.34. The molecule has 100 valence electrons. The van der Waals surface area contributed by atoms with Crippen molar-refractivity contribution < 1.29 is 0 Å². The van der Waals surface area contributed by atoms with E-state index in [0.29, 0.717) is 28.6 Å². The van der Waals surface area contributed by atoms with Crippen LogP contribution in [-0.2, 0) is 0 Å². The molecule has 0 radical (unpaired) electrons. The molecule has 4 N–H and O–H groups in total. The van der Waals surface area contributed by atoms with Crippen molar-refractivity contribution in [1.29, 1.82) is 0 Å². The molecule has 19 heavy (non-hydrogen) atoms. The van der Waals surface area contributed by atoms with Crippen molar-refractivity contribution in [2.45, 2.75) is 18.9 Å². The number of rotatable bonds is 2. The van der Waals surface area contributed by atoms with E-state index in [1.165, 1.54) is 0 Å². The van der Waals surface area contributed by atoms with Crippen molar-refractivity contribution >= 4 is 34.3 Å². The van der Waals surface area contributed by atoms with Crippen molar-refractivity contribution in [1.82, 2.24) is 9.97 Å². The lowest BCUT2D eigenvalue weighted by Gasteiger charge is -2.22. The summed E-state index contributed by atoms with van der Waals surface area (Å²) < 4.78 is 0. The van der Waals surface area contributed by atoms with E-state index in [4.69, 9.17) is 5.73 Å². The first-order valence-electron chi connectivity index (χ1n) is 6.36. The first-order chi connectivity index (χ1) is 9.22. The molecular formula is C13H16N4OS. The Hall–Kier alpha value is -1.69. The van der Waals surface area contributed by atoms with Gasteiger partial charge < -0.3 is 11.1 Å². The second-order valence-electron chi connectivity index (χ2n) is 4.72. The largest absolute Gasteiger partial charge is 0.399 e. The van der Waals surface area contributed by atoms with Crippen LogP contribution in [0.4, 0.5) is 11.6 Å². The molecule has 1 aliphatic rings. The maximum absolute atomic E-state index is 12.0. The lowest BCUT2D eigenvalue weighted by atomic mass is 10.1. The number of fused-ring (bicyclic) bond motifs is 1. The Morgan fingerprint density at radius 1 is 1.37 bits per heavy atom. The minimum atomic E-state index is -0.148. The fourth-order valence-electron chi connectivity index (χ4n) is 2.26. The normalized spacial score (nSPS) is 16.6. The smallest absolute Gasteiger partial charge is 0.260 e. The molecule has 3 rings (SSSR count). The van der Waals surface area contributed by atoms with Gasteiger partial charge in [-0.3, -0.25) is 9.78 Å². The zero-order chi connectivity index (χ0) is 13.2. The van der Waals surface area contributed by atoms with Crippen LogP contribution in [0.5, 0.6) is 0 Å².